The van der Waals surface area contributed by atoms with Crippen molar-refractivity contribution in [3.63, 3.8) is 0 Å². The lowest BCUT2D eigenvalue weighted by Crippen LogP contribution is -2.26. The Morgan fingerprint density at radius 3 is 2.22 bits per heavy atom. The fourth-order valence-corrected chi connectivity index (χ4v) is 1.64. The van der Waals surface area contributed by atoms with Crippen molar-refractivity contribution in [1.82, 2.24) is 0 Å². The summed E-state index contributed by atoms with van der Waals surface area (Å²) in [7, 11) is 1.56. The third kappa shape index (κ3) is 6.82. The van der Waals surface area contributed by atoms with Crippen LogP contribution in [0.4, 0.5) is 0 Å². The fourth-order valence-electron chi connectivity index (χ4n) is 1.64. The second kappa shape index (κ2) is 9.45. The molecule has 0 saturated heterocycles. The first-order chi connectivity index (χ1) is 11.0. The molecule has 7 heteroatoms. The van der Waals surface area contributed by atoms with Crippen molar-refractivity contribution in [3.05, 3.63) is 24.3 Å². The Balaban J connectivity index is 2.35. The fraction of sp³-hybridized carbons (Fsp3) is 0.438. The normalized spacial score (nSPS) is 11.3. The summed E-state index contributed by atoms with van der Waals surface area (Å²) in [5, 5.41) is 0. The molecule has 0 spiro atoms. The van der Waals surface area contributed by atoms with E-state index in [0.717, 1.165) is 0 Å². The maximum atomic E-state index is 11.6. The number of hydrogen-bond donors (Lipinski definition) is 0. The molecule has 23 heavy (non-hydrogen) atoms. The van der Waals surface area contributed by atoms with E-state index in [-0.39, 0.29) is 13.0 Å². The highest BCUT2D eigenvalue weighted by atomic mass is 16.6. The summed E-state index contributed by atoms with van der Waals surface area (Å²) in [5.74, 6) is -1.27. The molecule has 0 amide bonds. The van der Waals surface area contributed by atoms with Gasteiger partial charge in [0.25, 0.3) is 5.78 Å². The van der Waals surface area contributed by atoms with Crippen LogP contribution in [0.1, 0.15) is 20.3 Å². The molecular weight excluding hydrogens is 304 g/mol. The van der Waals surface area contributed by atoms with Crippen LogP contribution in [0.3, 0.4) is 0 Å². The summed E-state index contributed by atoms with van der Waals surface area (Å²) < 4.78 is 19.8. The smallest absolute Gasteiger partial charge is 0.378 e. The summed E-state index contributed by atoms with van der Waals surface area (Å²) in [6.45, 7) is 2.73. The van der Waals surface area contributed by atoms with Crippen LogP contribution in [0, 0.1) is 0 Å². The van der Waals surface area contributed by atoms with Crippen molar-refractivity contribution in [3.8, 4) is 11.5 Å². The lowest BCUT2D eigenvalue weighted by molar-refractivity contribution is -0.159. The number of carbonyl (C=O) groups excluding carboxylic acids is 3. The largest absolute Gasteiger partial charge is 0.497 e. The molecule has 0 radical (unpaired) electrons. The van der Waals surface area contributed by atoms with Gasteiger partial charge in [0.15, 0.2) is 6.61 Å². The third-order valence-corrected chi connectivity index (χ3v) is 2.72. The number of carbonyl (C=O) groups is 3. The van der Waals surface area contributed by atoms with E-state index in [1.165, 1.54) is 0 Å². The first kappa shape index (κ1) is 18.5. The number of esters is 2. The molecule has 0 aliphatic heterocycles. The number of hydrogen-bond acceptors (Lipinski definition) is 7. The Morgan fingerprint density at radius 1 is 1.04 bits per heavy atom. The molecule has 7 nitrogen and oxygen atoms in total. The molecule has 0 N–H and O–H groups in total. The SMILES string of the molecule is CCOC(=O)C(=O)COC(=O)CC(C)Oc1ccc(OC)cc1. The van der Waals surface area contributed by atoms with Gasteiger partial charge in [-0.05, 0) is 38.1 Å². The Bertz CT molecular complexity index is 536. The first-order valence-corrected chi connectivity index (χ1v) is 7.12. The van der Waals surface area contributed by atoms with Gasteiger partial charge in [0.05, 0.1) is 20.1 Å². The topological polar surface area (TPSA) is 88.1 Å². The monoisotopic (exact) mass is 324 g/mol. The number of rotatable bonds is 9. The molecule has 0 aliphatic rings. The number of benzene rings is 1. The highest BCUT2D eigenvalue weighted by Crippen LogP contribution is 2.18. The molecule has 1 unspecified atom stereocenters. The molecule has 1 aromatic rings. The van der Waals surface area contributed by atoms with Crippen LogP contribution in [-0.4, -0.2) is 44.1 Å². The average Bonchev–Trinajstić information content (AvgIpc) is 2.53. The minimum absolute atomic E-state index is 0.0534. The van der Waals surface area contributed by atoms with Crippen molar-refractivity contribution in [2.75, 3.05) is 20.3 Å². The average molecular weight is 324 g/mol. The number of methoxy groups -OCH3 is 1. The highest BCUT2D eigenvalue weighted by Gasteiger charge is 2.18. The van der Waals surface area contributed by atoms with Crippen molar-refractivity contribution < 1.29 is 33.3 Å². The van der Waals surface area contributed by atoms with Gasteiger partial charge in [-0.25, -0.2) is 4.79 Å². The number of ether oxygens (including phenoxy) is 4. The Labute approximate surface area is 134 Å². The van der Waals surface area contributed by atoms with E-state index in [2.05, 4.69) is 4.74 Å². The maximum Gasteiger partial charge on any atom is 0.378 e. The molecule has 0 aromatic heterocycles. The predicted molar refractivity (Wildman–Crippen MR) is 80.3 cm³/mol. The molecule has 1 aromatic carbocycles. The van der Waals surface area contributed by atoms with Gasteiger partial charge in [-0.3, -0.25) is 9.59 Å². The zero-order valence-electron chi connectivity index (χ0n) is 13.4. The van der Waals surface area contributed by atoms with Gasteiger partial charge in [-0.1, -0.05) is 0 Å². The van der Waals surface area contributed by atoms with Crippen molar-refractivity contribution in [2.45, 2.75) is 26.4 Å². The van der Waals surface area contributed by atoms with Crippen LogP contribution in [0.5, 0.6) is 11.5 Å². The molecule has 0 saturated carbocycles. The number of Topliss-reactive ketones (excluding diaryl/α,β-unsaturated/α-hetero) is 1. The molecule has 1 atom stereocenters. The van der Waals surface area contributed by atoms with Crippen molar-refractivity contribution >= 4 is 17.7 Å². The van der Waals surface area contributed by atoms with E-state index < -0.39 is 30.4 Å². The van der Waals surface area contributed by atoms with Crippen molar-refractivity contribution in [1.29, 1.82) is 0 Å². The Morgan fingerprint density at radius 2 is 1.65 bits per heavy atom. The summed E-state index contributed by atoms with van der Waals surface area (Å²) in [6, 6.07) is 6.90. The summed E-state index contributed by atoms with van der Waals surface area (Å²) in [6.07, 6.45) is -0.504. The predicted octanol–water partition coefficient (Wildman–Crippen LogP) is 1.53. The Kier molecular flexibility index (Phi) is 7.59. The summed E-state index contributed by atoms with van der Waals surface area (Å²) >= 11 is 0. The molecule has 0 heterocycles. The van der Waals surface area contributed by atoms with E-state index in [4.69, 9.17) is 14.2 Å². The van der Waals surface area contributed by atoms with Crippen LogP contribution in [0.25, 0.3) is 0 Å². The van der Waals surface area contributed by atoms with E-state index in [9.17, 15) is 14.4 Å². The summed E-state index contributed by atoms with van der Waals surface area (Å²) in [5.41, 5.74) is 0. The molecular formula is C16H20O7. The van der Waals surface area contributed by atoms with Crippen LogP contribution < -0.4 is 9.47 Å². The van der Waals surface area contributed by atoms with E-state index >= 15 is 0 Å². The molecule has 0 aliphatic carbocycles. The van der Waals surface area contributed by atoms with Crippen LogP contribution in [0.15, 0.2) is 24.3 Å². The summed E-state index contributed by atoms with van der Waals surface area (Å²) in [4.78, 5) is 34.0. The minimum atomic E-state index is -1.01. The van der Waals surface area contributed by atoms with Gasteiger partial charge in [0.2, 0.25) is 0 Å². The number of ketones is 1. The van der Waals surface area contributed by atoms with E-state index in [1.807, 2.05) is 0 Å². The second-order valence-electron chi connectivity index (χ2n) is 4.61. The molecule has 1 rings (SSSR count). The van der Waals surface area contributed by atoms with Gasteiger partial charge in [0, 0.05) is 0 Å². The quantitative estimate of drug-likeness (QED) is 0.503. The zero-order chi connectivity index (χ0) is 17.2. The lowest BCUT2D eigenvalue weighted by atomic mass is 10.2. The molecule has 0 bridgehead atoms. The third-order valence-electron chi connectivity index (χ3n) is 2.72. The van der Waals surface area contributed by atoms with Gasteiger partial charge >= 0.3 is 11.9 Å². The van der Waals surface area contributed by atoms with Crippen LogP contribution in [-0.2, 0) is 23.9 Å². The van der Waals surface area contributed by atoms with Gasteiger partial charge in [-0.2, -0.15) is 0 Å². The molecule has 126 valence electrons. The van der Waals surface area contributed by atoms with Gasteiger partial charge in [0.1, 0.15) is 17.6 Å². The van der Waals surface area contributed by atoms with E-state index in [1.54, 1.807) is 45.2 Å². The maximum absolute atomic E-state index is 11.6. The first-order valence-electron chi connectivity index (χ1n) is 7.12. The van der Waals surface area contributed by atoms with E-state index in [0.29, 0.717) is 11.5 Å². The minimum Gasteiger partial charge on any atom is -0.497 e. The zero-order valence-corrected chi connectivity index (χ0v) is 13.4. The highest BCUT2D eigenvalue weighted by molar-refractivity contribution is 6.34. The van der Waals surface area contributed by atoms with Gasteiger partial charge in [-0.15, -0.1) is 0 Å². The molecule has 0 fully saturated rings. The van der Waals surface area contributed by atoms with Crippen molar-refractivity contribution in [2.24, 2.45) is 0 Å². The standard InChI is InChI=1S/C16H20O7/c1-4-21-16(19)14(17)10-22-15(18)9-11(2)23-13-7-5-12(20-3)6-8-13/h5-8,11H,4,9-10H2,1-3H3. The van der Waals surface area contributed by atoms with Crippen LogP contribution in [0.2, 0.25) is 0 Å². The van der Waals surface area contributed by atoms with Crippen LogP contribution >= 0.6 is 0 Å². The Hall–Kier alpha value is -2.57. The van der Waals surface area contributed by atoms with Gasteiger partial charge < -0.3 is 18.9 Å². The lowest BCUT2D eigenvalue weighted by Gasteiger charge is -2.14. The second-order valence-corrected chi connectivity index (χ2v) is 4.61.